The van der Waals surface area contributed by atoms with E-state index in [1.807, 2.05) is 20.8 Å². The number of Topliss-reactive ketones (excluding diaryl/α,β-unsaturated/α-hetero) is 1. The SMILES string of the molecule is CCC(C)CN(CC)CC(=O)C(C)(C)C. The third-order valence-corrected chi connectivity index (χ3v) is 2.92. The second-order valence-electron chi connectivity index (χ2n) is 5.51. The highest BCUT2D eigenvalue weighted by molar-refractivity contribution is 5.85. The molecule has 0 aliphatic heterocycles. The highest BCUT2D eigenvalue weighted by atomic mass is 16.1. The van der Waals surface area contributed by atoms with Crippen molar-refractivity contribution in [2.45, 2.75) is 48.0 Å². The Bertz CT molecular complexity index is 193. The molecule has 1 atom stereocenters. The van der Waals surface area contributed by atoms with Crippen LogP contribution in [0.25, 0.3) is 0 Å². The summed E-state index contributed by atoms with van der Waals surface area (Å²) in [5.41, 5.74) is -0.205. The molecule has 2 heteroatoms. The van der Waals surface area contributed by atoms with Crippen molar-refractivity contribution in [1.82, 2.24) is 4.90 Å². The van der Waals surface area contributed by atoms with Gasteiger partial charge in [-0.15, -0.1) is 0 Å². The molecule has 90 valence electrons. The molecule has 15 heavy (non-hydrogen) atoms. The van der Waals surface area contributed by atoms with E-state index in [4.69, 9.17) is 0 Å². The van der Waals surface area contributed by atoms with Crippen LogP contribution < -0.4 is 0 Å². The van der Waals surface area contributed by atoms with E-state index in [0.29, 0.717) is 18.2 Å². The molecule has 1 unspecified atom stereocenters. The van der Waals surface area contributed by atoms with Gasteiger partial charge in [-0.2, -0.15) is 0 Å². The Hall–Kier alpha value is -0.370. The van der Waals surface area contributed by atoms with Gasteiger partial charge < -0.3 is 0 Å². The average molecular weight is 213 g/mol. The van der Waals surface area contributed by atoms with Crippen LogP contribution in [0.15, 0.2) is 0 Å². The van der Waals surface area contributed by atoms with E-state index in [-0.39, 0.29) is 5.41 Å². The summed E-state index contributed by atoms with van der Waals surface area (Å²) in [6, 6.07) is 0. The van der Waals surface area contributed by atoms with Crippen molar-refractivity contribution >= 4 is 5.78 Å². The van der Waals surface area contributed by atoms with Crippen LogP contribution in [0.2, 0.25) is 0 Å². The Morgan fingerprint density at radius 3 is 2.13 bits per heavy atom. The van der Waals surface area contributed by atoms with Crippen molar-refractivity contribution in [3.8, 4) is 0 Å². The van der Waals surface area contributed by atoms with Crippen LogP contribution in [0.3, 0.4) is 0 Å². The number of rotatable bonds is 6. The number of nitrogens with zero attached hydrogens (tertiary/aromatic N) is 1. The predicted molar refractivity (Wildman–Crippen MR) is 66.0 cm³/mol. The van der Waals surface area contributed by atoms with Crippen LogP contribution in [0.5, 0.6) is 0 Å². The van der Waals surface area contributed by atoms with Gasteiger partial charge in [0.05, 0.1) is 6.54 Å². The largest absolute Gasteiger partial charge is 0.298 e. The topological polar surface area (TPSA) is 20.3 Å². The maximum atomic E-state index is 11.9. The summed E-state index contributed by atoms with van der Waals surface area (Å²) in [5, 5.41) is 0. The molecule has 0 saturated heterocycles. The minimum Gasteiger partial charge on any atom is -0.298 e. The summed E-state index contributed by atoms with van der Waals surface area (Å²) < 4.78 is 0. The fourth-order valence-electron chi connectivity index (χ4n) is 1.32. The van der Waals surface area contributed by atoms with Crippen LogP contribution in [-0.2, 0) is 4.79 Å². The molecule has 0 rings (SSSR count). The van der Waals surface area contributed by atoms with Gasteiger partial charge in [-0.3, -0.25) is 9.69 Å². The second kappa shape index (κ2) is 6.26. The zero-order valence-corrected chi connectivity index (χ0v) is 11.3. The lowest BCUT2D eigenvalue weighted by molar-refractivity contribution is -0.127. The van der Waals surface area contributed by atoms with Crippen LogP contribution in [0, 0.1) is 11.3 Å². The number of ketones is 1. The van der Waals surface area contributed by atoms with Crippen LogP contribution in [0.1, 0.15) is 48.0 Å². The minimum atomic E-state index is -0.205. The van der Waals surface area contributed by atoms with Crippen LogP contribution >= 0.6 is 0 Å². The first-order chi connectivity index (χ1) is 6.81. The van der Waals surface area contributed by atoms with Crippen molar-refractivity contribution < 1.29 is 4.79 Å². The highest BCUT2D eigenvalue weighted by Gasteiger charge is 2.23. The van der Waals surface area contributed by atoms with Crippen molar-refractivity contribution in [3.63, 3.8) is 0 Å². The molecule has 0 aromatic heterocycles. The first kappa shape index (κ1) is 14.6. The lowest BCUT2D eigenvalue weighted by Crippen LogP contribution is -2.38. The van der Waals surface area contributed by atoms with Gasteiger partial charge in [0, 0.05) is 12.0 Å². The van der Waals surface area contributed by atoms with Crippen LogP contribution in [0.4, 0.5) is 0 Å². The molecular weight excluding hydrogens is 186 g/mol. The van der Waals surface area contributed by atoms with E-state index in [2.05, 4.69) is 25.7 Å². The zero-order chi connectivity index (χ0) is 12.1. The van der Waals surface area contributed by atoms with E-state index < -0.39 is 0 Å². The average Bonchev–Trinajstić information content (AvgIpc) is 2.14. The molecule has 0 bridgehead atoms. The van der Waals surface area contributed by atoms with Gasteiger partial charge in [0.25, 0.3) is 0 Å². The fraction of sp³-hybridized carbons (Fsp3) is 0.923. The van der Waals surface area contributed by atoms with E-state index >= 15 is 0 Å². The molecular formula is C13H27NO. The molecule has 0 amide bonds. The Morgan fingerprint density at radius 2 is 1.80 bits per heavy atom. The Balaban J connectivity index is 4.16. The fourth-order valence-corrected chi connectivity index (χ4v) is 1.32. The molecule has 0 radical (unpaired) electrons. The molecule has 0 aromatic carbocycles. The molecule has 0 N–H and O–H groups in total. The maximum absolute atomic E-state index is 11.9. The monoisotopic (exact) mass is 213 g/mol. The Kier molecular flexibility index (Phi) is 6.11. The lowest BCUT2D eigenvalue weighted by Gasteiger charge is -2.26. The molecule has 2 nitrogen and oxygen atoms in total. The molecule has 0 aliphatic rings. The Labute approximate surface area is 95.0 Å². The molecule has 0 aliphatic carbocycles. The standard InChI is InChI=1S/C13H27NO/c1-7-11(3)9-14(8-2)10-12(15)13(4,5)6/h11H,7-10H2,1-6H3. The summed E-state index contributed by atoms with van der Waals surface area (Å²) in [5.74, 6) is 1.02. The molecule has 0 heterocycles. The van der Waals surface area contributed by atoms with Crippen molar-refractivity contribution in [1.29, 1.82) is 0 Å². The molecule has 0 fully saturated rings. The number of hydrogen-bond acceptors (Lipinski definition) is 2. The number of carbonyl (C=O) groups is 1. The second-order valence-corrected chi connectivity index (χ2v) is 5.51. The van der Waals surface area contributed by atoms with E-state index in [1.54, 1.807) is 0 Å². The smallest absolute Gasteiger partial charge is 0.152 e. The van der Waals surface area contributed by atoms with Crippen molar-refractivity contribution in [3.05, 3.63) is 0 Å². The van der Waals surface area contributed by atoms with E-state index in [0.717, 1.165) is 13.1 Å². The third kappa shape index (κ3) is 5.93. The van der Waals surface area contributed by atoms with Crippen molar-refractivity contribution in [2.75, 3.05) is 19.6 Å². The number of likely N-dealkylation sites (N-methyl/N-ethyl adjacent to an activating group) is 1. The van der Waals surface area contributed by atoms with Gasteiger partial charge >= 0.3 is 0 Å². The maximum Gasteiger partial charge on any atom is 0.152 e. The Morgan fingerprint density at radius 1 is 1.27 bits per heavy atom. The van der Waals surface area contributed by atoms with Crippen molar-refractivity contribution in [2.24, 2.45) is 11.3 Å². The summed E-state index contributed by atoms with van der Waals surface area (Å²) in [6.45, 7) is 15.1. The summed E-state index contributed by atoms with van der Waals surface area (Å²) in [4.78, 5) is 14.1. The summed E-state index contributed by atoms with van der Waals surface area (Å²) in [7, 11) is 0. The summed E-state index contributed by atoms with van der Waals surface area (Å²) in [6.07, 6.45) is 1.18. The third-order valence-electron chi connectivity index (χ3n) is 2.92. The quantitative estimate of drug-likeness (QED) is 0.676. The van der Waals surface area contributed by atoms with Gasteiger partial charge in [-0.05, 0) is 12.5 Å². The van der Waals surface area contributed by atoms with Gasteiger partial charge in [0.1, 0.15) is 0 Å². The zero-order valence-electron chi connectivity index (χ0n) is 11.3. The summed E-state index contributed by atoms with van der Waals surface area (Å²) >= 11 is 0. The molecule has 0 saturated carbocycles. The van der Waals surface area contributed by atoms with Gasteiger partial charge in [-0.1, -0.05) is 48.0 Å². The van der Waals surface area contributed by atoms with Crippen LogP contribution in [-0.4, -0.2) is 30.3 Å². The highest BCUT2D eigenvalue weighted by Crippen LogP contribution is 2.15. The van der Waals surface area contributed by atoms with Gasteiger partial charge in [0.2, 0.25) is 0 Å². The molecule has 0 aromatic rings. The van der Waals surface area contributed by atoms with E-state index in [1.165, 1.54) is 6.42 Å². The first-order valence-corrected chi connectivity index (χ1v) is 6.06. The molecule has 0 spiro atoms. The van der Waals surface area contributed by atoms with Gasteiger partial charge in [0.15, 0.2) is 5.78 Å². The number of carbonyl (C=O) groups excluding carboxylic acids is 1. The normalized spacial score (nSPS) is 14.3. The predicted octanol–water partition coefficient (Wildman–Crippen LogP) is 2.97. The lowest BCUT2D eigenvalue weighted by atomic mass is 9.90. The van der Waals surface area contributed by atoms with Gasteiger partial charge in [-0.25, -0.2) is 0 Å². The minimum absolute atomic E-state index is 0.205. The first-order valence-electron chi connectivity index (χ1n) is 6.06. The van der Waals surface area contributed by atoms with E-state index in [9.17, 15) is 4.79 Å². The number of hydrogen-bond donors (Lipinski definition) is 0.